The topological polar surface area (TPSA) is 52.6 Å². The normalized spacial score (nSPS) is 16.3. The summed E-state index contributed by atoms with van der Waals surface area (Å²) in [6.07, 6.45) is 1.93. The van der Waals surface area contributed by atoms with Gasteiger partial charge in [-0.3, -0.25) is 4.18 Å². The fourth-order valence-corrected chi connectivity index (χ4v) is 5.21. The van der Waals surface area contributed by atoms with Crippen LogP contribution in [0.4, 0.5) is 0 Å². The van der Waals surface area contributed by atoms with Gasteiger partial charge in [-0.05, 0) is 56.0 Å². The van der Waals surface area contributed by atoms with Crippen LogP contribution >= 0.6 is 23.2 Å². The van der Waals surface area contributed by atoms with Gasteiger partial charge in [0, 0.05) is 11.1 Å². The summed E-state index contributed by atoms with van der Waals surface area (Å²) in [5.41, 5.74) is 3.52. The Morgan fingerprint density at radius 2 is 1.68 bits per heavy atom. The molecule has 0 aromatic heterocycles. The van der Waals surface area contributed by atoms with Crippen LogP contribution in [-0.4, -0.2) is 21.1 Å². The Kier molecular flexibility index (Phi) is 6.58. The lowest BCUT2D eigenvalue weighted by atomic mass is 9.99. The Hall–Kier alpha value is -2.05. The van der Waals surface area contributed by atoms with E-state index in [1.807, 2.05) is 25.1 Å². The maximum atomic E-state index is 12.6. The first-order chi connectivity index (χ1) is 14.8. The monoisotopic (exact) mass is 476 g/mol. The van der Waals surface area contributed by atoms with Crippen LogP contribution in [0.2, 0.25) is 10.0 Å². The average Bonchev–Trinajstić information content (AvgIpc) is 2.95. The van der Waals surface area contributed by atoms with E-state index < -0.39 is 16.2 Å². The van der Waals surface area contributed by atoms with Crippen molar-refractivity contribution >= 4 is 33.3 Å². The summed E-state index contributed by atoms with van der Waals surface area (Å²) >= 11 is 12.9. The van der Waals surface area contributed by atoms with Gasteiger partial charge in [0.15, 0.2) is 0 Å². The van der Waals surface area contributed by atoms with Crippen LogP contribution in [0, 0.1) is 6.92 Å². The van der Waals surface area contributed by atoms with Gasteiger partial charge in [0.05, 0.1) is 14.9 Å². The van der Waals surface area contributed by atoms with Gasteiger partial charge in [0.2, 0.25) is 0 Å². The maximum absolute atomic E-state index is 12.6. The molecule has 162 valence electrons. The molecule has 0 fully saturated rings. The van der Waals surface area contributed by atoms with Crippen LogP contribution in [-0.2, 0) is 20.7 Å². The largest absolute Gasteiger partial charge is 0.487 e. The standard InChI is InChI=1S/C24H22Cl2O4S/c1-16-11-13-19(14-12-16)31(27,28)29-15-18-7-2-5-17-6-3-8-20(24(17)30-18)23-21(25)9-4-10-22(23)26/h3-4,6,8-14,18H,2,5,7,15H2,1H3/t18-/m1/s1. The molecule has 1 heterocycles. The first-order valence-electron chi connectivity index (χ1n) is 10.0. The first-order valence-corrected chi connectivity index (χ1v) is 12.2. The summed E-state index contributed by atoms with van der Waals surface area (Å²) in [5.74, 6) is 0.677. The van der Waals surface area contributed by atoms with Gasteiger partial charge in [-0.25, -0.2) is 0 Å². The van der Waals surface area contributed by atoms with E-state index in [-0.39, 0.29) is 11.5 Å². The van der Waals surface area contributed by atoms with Crippen molar-refractivity contribution in [1.29, 1.82) is 0 Å². The van der Waals surface area contributed by atoms with Gasteiger partial charge in [-0.1, -0.05) is 65.2 Å². The Labute approximate surface area is 192 Å². The second-order valence-corrected chi connectivity index (χ2v) is 10.0. The van der Waals surface area contributed by atoms with E-state index in [1.54, 1.807) is 42.5 Å². The molecule has 4 nitrogen and oxygen atoms in total. The number of hydrogen-bond acceptors (Lipinski definition) is 4. The summed E-state index contributed by atoms with van der Waals surface area (Å²) in [7, 11) is -3.86. The van der Waals surface area contributed by atoms with Crippen LogP contribution in [0.1, 0.15) is 24.0 Å². The molecule has 0 spiro atoms. The van der Waals surface area contributed by atoms with Crippen LogP contribution in [0.5, 0.6) is 5.75 Å². The van der Waals surface area contributed by atoms with E-state index in [4.69, 9.17) is 32.1 Å². The summed E-state index contributed by atoms with van der Waals surface area (Å²) in [5, 5.41) is 1.06. The van der Waals surface area contributed by atoms with Crippen molar-refractivity contribution < 1.29 is 17.3 Å². The number of hydrogen-bond donors (Lipinski definition) is 0. The molecule has 0 radical (unpaired) electrons. The Morgan fingerprint density at radius 3 is 2.39 bits per heavy atom. The molecule has 1 atom stereocenters. The summed E-state index contributed by atoms with van der Waals surface area (Å²) in [6.45, 7) is 1.83. The third-order valence-electron chi connectivity index (χ3n) is 5.30. The fourth-order valence-electron chi connectivity index (χ4n) is 3.67. The molecule has 4 rings (SSSR count). The lowest BCUT2D eigenvalue weighted by Gasteiger charge is -2.21. The van der Waals surface area contributed by atoms with Crippen molar-refractivity contribution in [3.05, 3.63) is 81.8 Å². The van der Waals surface area contributed by atoms with Crippen LogP contribution < -0.4 is 4.74 Å². The van der Waals surface area contributed by atoms with E-state index in [9.17, 15) is 8.42 Å². The summed E-state index contributed by atoms with van der Waals surface area (Å²) in [6, 6.07) is 17.8. The smallest absolute Gasteiger partial charge is 0.297 e. The average molecular weight is 477 g/mol. The van der Waals surface area contributed by atoms with Gasteiger partial charge >= 0.3 is 0 Å². The third kappa shape index (κ3) is 4.90. The molecular weight excluding hydrogens is 455 g/mol. The molecule has 1 aliphatic rings. The van der Waals surface area contributed by atoms with Gasteiger partial charge in [0.1, 0.15) is 18.5 Å². The SMILES string of the molecule is Cc1ccc(S(=O)(=O)OC[C@H]2CCCc3cccc(-c4c(Cl)cccc4Cl)c3O2)cc1. The van der Waals surface area contributed by atoms with Crippen molar-refractivity contribution in [2.75, 3.05) is 6.61 Å². The molecule has 0 unspecified atom stereocenters. The number of aryl methyl sites for hydroxylation is 2. The zero-order valence-electron chi connectivity index (χ0n) is 17.0. The second-order valence-electron chi connectivity index (χ2n) is 7.57. The number of para-hydroxylation sites is 1. The summed E-state index contributed by atoms with van der Waals surface area (Å²) < 4.78 is 36.8. The molecule has 0 amide bonds. The lowest BCUT2D eigenvalue weighted by Crippen LogP contribution is -2.24. The number of benzene rings is 3. The minimum Gasteiger partial charge on any atom is -0.487 e. The third-order valence-corrected chi connectivity index (χ3v) is 7.23. The van der Waals surface area contributed by atoms with Gasteiger partial charge in [-0.15, -0.1) is 0 Å². The van der Waals surface area contributed by atoms with Crippen LogP contribution in [0.25, 0.3) is 11.1 Å². The van der Waals surface area contributed by atoms with E-state index in [0.717, 1.165) is 29.5 Å². The van der Waals surface area contributed by atoms with Crippen LogP contribution in [0.15, 0.2) is 65.6 Å². The molecule has 0 aliphatic carbocycles. The molecule has 0 bridgehead atoms. The molecule has 3 aromatic rings. The second kappa shape index (κ2) is 9.21. The van der Waals surface area contributed by atoms with Crippen molar-refractivity contribution in [2.24, 2.45) is 0 Å². The first kappa shape index (κ1) is 22.2. The van der Waals surface area contributed by atoms with E-state index in [2.05, 4.69) is 0 Å². The predicted molar refractivity (Wildman–Crippen MR) is 124 cm³/mol. The highest BCUT2D eigenvalue weighted by Crippen LogP contribution is 2.43. The highest BCUT2D eigenvalue weighted by atomic mass is 35.5. The van der Waals surface area contributed by atoms with Crippen molar-refractivity contribution in [1.82, 2.24) is 0 Å². The molecule has 3 aromatic carbocycles. The van der Waals surface area contributed by atoms with Gasteiger partial charge < -0.3 is 4.74 Å². The zero-order valence-corrected chi connectivity index (χ0v) is 19.3. The minimum atomic E-state index is -3.86. The van der Waals surface area contributed by atoms with E-state index in [1.165, 1.54) is 0 Å². The Balaban J connectivity index is 1.59. The molecule has 7 heteroatoms. The Morgan fingerprint density at radius 1 is 1.00 bits per heavy atom. The molecule has 0 saturated heterocycles. The lowest BCUT2D eigenvalue weighted by molar-refractivity contribution is 0.128. The highest BCUT2D eigenvalue weighted by Gasteiger charge is 2.25. The number of rotatable bonds is 5. The summed E-state index contributed by atoms with van der Waals surface area (Å²) in [4.78, 5) is 0.135. The van der Waals surface area contributed by atoms with Crippen molar-refractivity contribution in [3.8, 4) is 16.9 Å². The molecule has 0 saturated carbocycles. The molecule has 31 heavy (non-hydrogen) atoms. The van der Waals surface area contributed by atoms with Crippen LogP contribution in [0.3, 0.4) is 0 Å². The van der Waals surface area contributed by atoms with Gasteiger partial charge in [-0.2, -0.15) is 8.42 Å². The van der Waals surface area contributed by atoms with Crippen molar-refractivity contribution in [3.63, 3.8) is 0 Å². The molecule has 1 aliphatic heterocycles. The molecule has 0 N–H and O–H groups in total. The maximum Gasteiger partial charge on any atom is 0.297 e. The number of fused-ring (bicyclic) bond motifs is 1. The van der Waals surface area contributed by atoms with E-state index >= 15 is 0 Å². The molecular formula is C24H22Cl2O4S. The van der Waals surface area contributed by atoms with Crippen molar-refractivity contribution in [2.45, 2.75) is 37.2 Å². The Bertz CT molecular complexity index is 1170. The number of halogens is 2. The quantitative estimate of drug-likeness (QED) is 0.396. The van der Waals surface area contributed by atoms with E-state index in [0.29, 0.717) is 27.8 Å². The fraction of sp³-hybridized carbons (Fsp3) is 0.250. The highest BCUT2D eigenvalue weighted by molar-refractivity contribution is 7.86. The van der Waals surface area contributed by atoms with Gasteiger partial charge in [0.25, 0.3) is 10.1 Å². The number of ether oxygens (including phenoxy) is 1. The predicted octanol–water partition coefficient (Wildman–Crippen LogP) is 6.46. The zero-order chi connectivity index (χ0) is 22.0. The minimum absolute atomic E-state index is 0.0692.